The molecule has 0 aliphatic rings. The Bertz CT molecular complexity index is 347. The van der Waals surface area contributed by atoms with Gasteiger partial charge in [-0.25, -0.2) is 4.39 Å². The number of rotatable bonds is 2. The molecule has 0 amide bonds. The second-order valence-corrected chi connectivity index (χ2v) is 3.26. The van der Waals surface area contributed by atoms with Crippen molar-refractivity contribution in [3.8, 4) is 0 Å². The van der Waals surface area contributed by atoms with Crippen LogP contribution >= 0.6 is 11.6 Å². The Labute approximate surface area is 81.5 Å². The predicted molar refractivity (Wildman–Crippen MR) is 50.8 cm³/mol. The molecule has 0 atom stereocenters. The number of carbonyl (C=O) groups is 1. The average molecular weight is 201 g/mol. The van der Waals surface area contributed by atoms with Crippen LogP contribution in [-0.2, 0) is 6.42 Å². The molecule has 70 valence electrons. The van der Waals surface area contributed by atoms with Crippen LogP contribution in [0.2, 0.25) is 5.02 Å². The molecule has 0 aliphatic heterocycles. The summed E-state index contributed by atoms with van der Waals surface area (Å²) >= 11 is 5.61. The number of benzene rings is 1. The largest absolute Gasteiger partial charge is 0.294 e. The van der Waals surface area contributed by atoms with Crippen LogP contribution in [0.1, 0.15) is 29.8 Å². The Kier molecular flexibility index (Phi) is 3.04. The number of ketones is 1. The lowest BCUT2D eigenvalue weighted by Crippen LogP contribution is -1.99. The first-order valence-corrected chi connectivity index (χ1v) is 4.43. The number of hydrogen-bond donors (Lipinski definition) is 0. The molecular formula is C10H10ClFO. The summed E-state index contributed by atoms with van der Waals surface area (Å²) in [5.74, 6) is -0.916. The van der Waals surface area contributed by atoms with E-state index in [1.54, 1.807) is 12.1 Å². The van der Waals surface area contributed by atoms with E-state index in [1.165, 1.54) is 6.92 Å². The van der Waals surface area contributed by atoms with Gasteiger partial charge in [0.2, 0.25) is 0 Å². The van der Waals surface area contributed by atoms with E-state index >= 15 is 0 Å². The number of carbonyl (C=O) groups excluding carboxylic acids is 1. The van der Waals surface area contributed by atoms with Crippen molar-refractivity contribution in [3.05, 3.63) is 34.1 Å². The van der Waals surface area contributed by atoms with Crippen molar-refractivity contribution in [2.75, 3.05) is 0 Å². The van der Waals surface area contributed by atoms with Gasteiger partial charge in [0.15, 0.2) is 11.6 Å². The van der Waals surface area contributed by atoms with E-state index in [-0.39, 0.29) is 16.4 Å². The van der Waals surface area contributed by atoms with Crippen molar-refractivity contribution >= 4 is 17.4 Å². The third kappa shape index (κ3) is 2.07. The van der Waals surface area contributed by atoms with Gasteiger partial charge < -0.3 is 0 Å². The molecule has 0 saturated heterocycles. The van der Waals surface area contributed by atoms with Gasteiger partial charge in [-0.3, -0.25) is 4.79 Å². The Morgan fingerprint density at radius 3 is 2.62 bits per heavy atom. The number of aryl methyl sites for hydroxylation is 1. The molecule has 0 fully saturated rings. The first-order valence-electron chi connectivity index (χ1n) is 4.05. The van der Waals surface area contributed by atoms with E-state index in [2.05, 4.69) is 0 Å². The van der Waals surface area contributed by atoms with Crippen LogP contribution in [0.4, 0.5) is 4.39 Å². The van der Waals surface area contributed by atoms with Crippen molar-refractivity contribution in [1.29, 1.82) is 0 Å². The lowest BCUT2D eigenvalue weighted by Gasteiger charge is -2.04. The summed E-state index contributed by atoms with van der Waals surface area (Å²) in [6.45, 7) is 3.25. The highest BCUT2D eigenvalue weighted by atomic mass is 35.5. The van der Waals surface area contributed by atoms with E-state index < -0.39 is 5.82 Å². The molecule has 0 N–H and O–H groups in total. The molecule has 0 heterocycles. The summed E-state index contributed by atoms with van der Waals surface area (Å²) in [6.07, 6.45) is 0.736. The maximum absolute atomic E-state index is 13.2. The lowest BCUT2D eigenvalue weighted by molar-refractivity contribution is 0.101. The standard InChI is InChI=1S/C10H10ClFO/c1-3-7-4-8(6(2)13)10(12)9(11)5-7/h4-5H,3H2,1-2H3. The van der Waals surface area contributed by atoms with Gasteiger partial charge in [0.25, 0.3) is 0 Å². The molecule has 0 aromatic heterocycles. The minimum Gasteiger partial charge on any atom is -0.294 e. The monoisotopic (exact) mass is 200 g/mol. The smallest absolute Gasteiger partial charge is 0.162 e. The first-order chi connectivity index (χ1) is 6.06. The molecule has 0 unspecified atom stereocenters. The van der Waals surface area contributed by atoms with Gasteiger partial charge in [-0.2, -0.15) is 0 Å². The third-order valence-electron chi connectivity index (χ3n) is 1.88. The quantitative estimate of drug-likeness (QED) is 0.670. The van der Waals surface area contributed by atoms with Crippen LogP contribution in [0, 0.1) is 5.82 Å². The van der Waals surface area contributed by atoms with Gasteiger partial charge in [0.05, 0.1) is 10.6 Å². The molecule has 0 radical (unpaired) electrons. The minimum absolute atomic E-state index is 0.0181. The molecule has 1 rings (SSSR count). The summed E-state index contributed by atoms with van der Waals surface area (Å²) in [5, 5.41) is 0.0181. The zero-order chi connectivity index (χ0) is 10.0. The van der Waals surface area contributed by atoms with E-state index in [0.717, 1.165) is 12.0 Å². The Morgan fingerprint density at radius 2 is 2.15 bits per heavy atom. The maximum atomic E-state index is 13.2. The summed E-state index contributed by atoms with van der Waals surface area (Å²) in [6, 6.07) is 3.09. The molecular weight excluding hydrogens is 191 g/mol. The number of halogens is 2. The summed E-state index contributed by atoms with van der Waals surface area (Å²) in [7, 11) is 0. The zero-order valence-corrected chi connectivity index (χ0v) is 8.28. The highest BCUT2D eigenvalue weighted by Gasteiger charge is 2.11. The molecule has 1 nitrogen and oxygen atoms in total. The van der Waals surface area contributed by atoms with Crippen molar-refractivity contribution in [1.82, 2.24) is 0 Å². The van der Waals surface area contributed by atoms with E-state index in [1.807, 2.05) is 6.92 Å². The summed E-state index contributed by atoms with van der Waals surface area (Å²) in [5.41, 5.74) is 0.945. The maximum Gasteiger partial charge on any atom is 0.162 e. The van der Waals surface area contributed by atoms with Crippen molar-refractivity contribution in [3.63, 3.8) is 0 Å². The minimum atomic E-state index is -0.619. The van der Waals surface area contributed by atoms with Crippen molar-refractivity contribution < 1.29 is 9.18 Å². The van der Waals surface area contributed by atoms with Crippen LogP contribution in [-0.4, -0.2) is 5.78 Å². The molecule has 1 aromatic rings. The zero-order valence-electron chi connectivity index (χ0n) is 7.53. The highest BCUT2D eigenvalue weighted by molar-refractivity contribution is 6.31. The van der Waals surface area contributed by atoms with Crippen LogP contribution in [0.25, 0.3) is 0 Å². The predicted octanol–water partition coefficient (Wildman–Crippen LogP) is 3.24. The van der Waals surface area contributed by atoms with Gasteiger partial charge in [-0.05, 0) is 31.0 Å². The van der Waals surface area contributed by atoms with Gasteiger partial charge in [0.1, 0.15) is 0 Å². The van der Waals surface area contributed by atoms with Crippen LogP contribution in [0.15, 0.2) is 12.1 Å². The molecule has 0 saturated carbocycles. The van der Waals surface area contributed by atoms with Gasteiger partial charge in [0, 0.05) is 0 Å². The van der Waals surface area contributed by atoms with Crippen molar-refractivity contribution in [2.24, 2.45) is 0 Å². The SMILES string of the molecule is CCc1cc(Cl)c(F)c(C(C)=O)c1. The number of Topliss-reactive ketones (excluding diaryl/α,β-unsaturated/α-hetero) is 1. The molecule has 0 spiro atoms. The molecule has 0 aliphatic carbocycles. The van der Waals surface area contributed by atoms with Crippen LogP contribution in [0.5, 0.6) is 0 Å². The normalized spacial score (nSPS) is 10.2. The fourth-order valence-electron chi connectivity index (χ4n) is 1.11. The Morgan fingerprint density at radius 1 is 1.54 bits per heavy atom. The highest BCUT2D eigenvalue weighted by Crippen LogP contribution is 2.21. The third-order valence-corrected chi connectivity index (χ3v) is 2.15. The first kappa shape index (κ1) is 10.2. The molecule has 0 bridgehead atoms. The fraction of sp³-hybridized carbons (Fsp3) is 0.300. The molecule has 13 heavy (non-hydrogen) atoms. The van der Waals surface area contributed by atoms with E-state index in [4.69, 9.17) is 11.6 Å². The number of hydrogen-bond acceptors (Lipinski definition) is 1. The molecule has 1 aromatic carbocycles. The van der Waals surface area contributed by atoms with Crippen LogP contribution in [0.3, 0.4) is 0 Å². The Hall–Kier alpha value is -0.890. The van der Waals surface area contributed by atoms with Gasteiger partial charge in [-0.15, -0.1) is 0 Å². The summed E-state index contributed by atoms with van der Waals surface area (Å²) < 4.78 is 13.2. The lowest BCUT2D eigenvalue weighted by atomic mass is 10.1. The van der Waals surface area contributed by atoms with Crippen molar-refractivity contribution in [2.45, 2.75) is 20.3 Å². The average Bonchev–Trinajstić information content (AvgIpc) is 2.09. The second-order valence-electron chi connectivity index (χ2n) is 2.85. The van der Waals surface area contributed by atoms with Gasteiger partial charge in [-0.1, -0.05) is 18.5 Å². The summed E-state index contributed by atoms with van der Waals surface area (Å²) in [4.78, 5) is 11.0. The fourth-order valence-corrected chi connectivity index (χ4v) is 1.35. The Balaban J connectivity index is 3.33. The van der Waals surface area contributed by atoms with Gasteiger partial charge >= 0.3 is 0 Å². The van der Waals surface area contributed by atoms with E-state index in [0.29, 0.717) is 0 Å². The molecule has 3 heteroatoms. The van der Waals surface area contributed by atoms with E-state index in [9.17, 15) is 9.18 Å². The topological polar surface area (TPSA) is 17.1 Å². The van der Waals surface area contributed by atoms with Crippen LogP contribution < -0.4 is 0 Å². The second kappa shape index (κ2) is 3.88.